The zero-order chi connectivity index (χ0) is 17.9. The van der Waals surface area contributed by atoms with Gasteiger partial charge in [-0.1, -0.05) is 20.8 Å². The van der Waals surface area contributed by atoms with Gasteiger partial charge in [-0.15, -0.1) is 0 Å². The SMILES string of the molecule is CCOC(=O)N(C)C1CCN(C(C)c2ncc(C(C)(C)C)o2)CC1. The number of hydrogen-bond acceptors (Lipinski definition) is 5. The molecule has 6 nitrogen and oxygen atoms in total. The number of aromatic nitrogens is 1. The van der Waals surface area contributed by atoms with E-state index in [1.165, 1.54) is 0 Å². The summed E-state index contributed by atoms with van der Waals surface area (Å²) in [5.41, 5.74) is -0.0275. The number of piperidine rings is 1. The fourth-order valence-corrected chi connectivity index (χ4v) is 3.02. The van der Waals surface area contributed by atoms with Crippen LogP contribution in [0.5, 0.6) is 0 Å². The van der Waals surface area contributed by atoms with Gasteiger partial charge < -0.3 is 14.1 Å². The maximum atomic E-state index is 11.8. The van der Waals surface area contributed by atoms with E-state index in [4.69, 9.17) is 9.15 Å². The third kappa shape index (κ3) is 4.29. The summed E-state index contributed by atoms with van der Waals surface area (Å²) < 4.78 is 11.1. The molecule has 0 aromatic carbocycles. The molecule has 1 aliphatic heterocycles. The molecule has 2 rings (SSSR count). The van der Waals surface area contributed by atoms with Crippen molar-refractivity contribution in [2.75, 3.05) is 26.7 Å². The number of carbonyl (C=O) groups is 1. The summed E-state index contributed by atoms with van der Waals surface area (Å²) in [6.07, 6.45) is 3.48. The first-order valence-electron chi connectivity index (χ1n) is 8.83. The first-order chi connectivity index (χ1) is 11.2. The number of carbonyl (C=O) groups excluding carboxylic acids is 1. The molecule has 1 unspecified atom stereocenters. The van der Waals surface area contributed by atoms with E-state index in [2.05, 4.69) is 37.6 Å². The van der Waals surface area contributed by atoms with Crippen molar-refractivity contribution >= 4 is 6.09 Å². The predicted molar refractivity (Wildman–Crippen MR) is 93.0 cm³/mol. The maximum Gasteiger partial charge on any atom is 0.409 e. The highest BCUT2D eigenvalue weighted by Crippen LogP contribution is 2.29. The Bertz CT molecular complexity index is 542. The van der Waals surface area contributed by atoms with E-state index >= 15 is 0 Å². The molecule has 136 valence electrons. The Balaban J connectivity index is 1.92. The van der Waals surface area contributed by atoms with Gasteiger partial charge in [-0.3, -0.25) is 4.90 Å². The van der Waals surface area contributed by atoms with Crippen LogP contribution in [0.25, 0.3) is 0 Å². The zero-order valence-corrected chi connectivity index (χ0v) is 15.8. The molecule has 1 fully saturated rings. The number of hydrogen-bond donors (Lipinski definition) is 0. The second kappa shape index (κ2) is 7.55. The van der Waals surface area contributed by atoms with Gasteiger partial charge in [-0.25, -0.2) is 9.78 Å². The van der Waals surface area contributed by atoms with Gasteiger partial charge in [0.15, 0.2) is 0 Å². The molecule has 24 heavy (non-hydrogen) atoms. The summed E-state index contributed by atoms with van der Waals surface area (Å²) in [5, 5.41) is 0. The van der Waals surface area contributed by atoms with Crippen molar-refractivity contribution in [1.29, 1.82) is 0 Å². The van der Waals surface area contributed by atoms with E-state index in [9.17, 15) is 4.79 Å². The van der Waals surface area contributed by atoms with Gasteiger partial charge in [-0.2, -0.15) is 0 Å². The van der Waals surface area contributed by atoms with Crippen LogP contribution in [0.15, 0.2) is 10.6 Å². The second-order valence-electron chi connectivity index (χ2n) is 7.57. The van der Waals surface area contributed by atoms with Gasteiger partial charge in [0.05, 0.1) is 18.8 Å². The lowest BCUT2D eigenvalue weighted by molar-refractivity contribution is 0.0677. The Kier molecular flexibility index (Phi) is 5.91. The van der Waals surface area contributed by atoms with Crippen LogP contribution in [0.3, 0.4) is 0 Å². The number of rotatable bonds is 4. The van der Waals surface area contributed by atoms with E-state index in [0.717, 1.165) is 37.6 Å². The molecule has 0 N–H and O–H groups in total. The van der Waals surface area contributed by atoms with Gasteiger partial charge in [0.25, 0.3) is 0 Å². The van der Waals surface area contributed by atoms with E-state index < -0.39 is 0 Å². The monoisotopic (exact) mass is 337 g/mol. The normalized spacial score (nSPS) is 18.4. The van der Waals surface area contributed by atoms with Gasteiger partial charge in [0.2, 0.25) is 5.89 Å². The van der Waals surface area contributed by atoms with Crippen molar-refractivity contribution in [3.63, 3.8) is 0 Å². The largest absolute Gasteiger partial charge is 0.450 e. The number of nitrogens with zero attached hydrogens (tertiary/aromatic N) is 3. The van der Waals surface area contributed by atoms with Crippen LogP contribution in [0.2, 0.25) is 0 Å². The molecule has 2 heterocycles. The lowest BCUT2D eigenvalue weighted by Gasteiger charge is -2.38. The molecule has 6 heteroatoms. The summed E-state index contributed by atoms with van der Waals surface area (Å²) in [5.74, 6) is 1.69. The lowest BCUT2D eigenvalue weighted by Crippen LogP contribution is -2.46. The van der Waals surface area contributed by atoms with Crippen molar-refractivity contribution in [3.8, 4) is 0 Å². The van der Waals surface area contributed by atoms with Gasteiger partial charge in [-0.05, 0) is 26.7 Å². The number of ether oxygens (including phenoxy) is 1. The molecule has 0 spiro atoms. The average molecular weight is 337 g/mol. The Morgan fingerprint density at radius 3 is 2.58 bits per heavy atom. The molecule has 1 aliphatic rings. The van der Waals surface area contributed by atoms with Crippen molar-refractivity contribution in [3.05, 3.63) is 17.8 Å². The molecular weight excluding hydrogens is 306 g/mol. The highest BCUT2D eigenvalue weighted by atomic mass is 16.6. The van der Waals surface area contributed by atoms with Crippen LogP contribution in [-0.2, 0) is 10.2 Å². The molecular formula is C18H31N3O3. The molecule has 1 aromatic heterocycles. The van der Waals surface area contributed by atoms with Crippen LogP contribution >= 0.6 is 0 Å². The van der Waals surface area contributed by atoms with Crippen LogP contribution in [0, 0.1) is 0 Å². The molecule has 1 aromatic rings. The molecule has 1 atom stereocenters. The van der Waals surface area contributed by atoms with E-state index in [1.54, 1.807) is 4.90 Å². The third-order valence-electron chi connectivity index (χ3n) is 4.77. The topological polar surface area (TPSA) is 58.8 Å². The van der Waals surface area contributed by atoms with E-state index in [-0.39, 0.29) is 23.6 Å². The number of amides is 1. The molecule has 0 aliphatic carbocycles. The summed E-state index contributed by atoms with van der Waals surface area (Å²) in [6.45, 7) is 12.6. The van der Waals surface area contributed by atoms with Crippen molar-refractivity contribution in [2.45, 2.75) is 65.0 Å². The molecule has 1 saturated heterocycles. The van der Waals surface area contributed by atoms with Crippen LogP contribution < -0.4 is 0 Å². The van der Waals surface area contributed by atoms with Gasteiger partial charge >= 0.3 is 6.09 Å². The first kappa shape index (κ1) is 18.8. The standard InChI is InChI=1S/C18H31N3O3/c1-7-23-17(22)20(6)14-8-10-21(11-9-14)13(2)16-19-12-15(24-16)18(3,4)5/h12-14H,7-11H2,1-6H3. The Labute approximate surface area is 145 Å². The average Bonchev–Trinajstić information content (AvgIpc) is 3.04. The van der Waals surface area contributed by atoms with Crippen LogP contribution in [0.4, 0.5) is 4.79 Å². The molecule has 0 saturated carbocycles. The Morgan fingerprint density at radius 2 is 2.08 bits per heavy atom. The number of oxazole rings is 1. The summed E-state index contributed by atoms with van der Waals surface area (Å²) >= 11 is 0. The predicted octanol–water partition coefficient (Wildman–Crippen LogP) is 3.59. The maximum absolute atomic E-state index is 11.8. The van der Waals surface area contributed by atoms with Crippen molar-refractivity contribution in [1.82, 2.24) is 14.8 Å². The first-order valence-corrected chi connectivity index (χ1v) is 8.83. The van der Waals surface area contributed by atoms with Crippen molar-refractivity contribution < 1.29 is 13.9 Å². The fraction of sp³-hybridized carbons (Fsp3) is 0.778. The smallest absolute Gasteiger partial charge is 0.409 e. The summed E-state index contributed by atoms with van der Waals surface area (Å²) in [6, 6.07) is 0.386. The Hall–Kier alpha value is -1.56. The minimum absolute atomic E-state index is 0.0275. The highest BCUT2D eigenvalue weighted by Gasteiger charge is 2.30. The fourth-order valence-electron chi connectivity index (χ4n) is 3.02. The van der Waals surface area contributed by atoms with E-state index in [1.807, 2.05) is 20.2 Å². The second-order valence-corrected chi connectivity index (χ2v) is 7.57. The minimum atomic E-state index is -0.230. The van der Waals surface area contributed by atoms with Gasteiger partial charge in [0, 0.05) is 31.6 Å². The van der Waals surface area contributed by atoms with Gasteiger partial charge in [0.1, 0.15) is 5.76 Å². The van der Waals surface area contributed by atoms with E-state index in [0.29, 0.717) is 6.61 Å². The molecule has 0 bridgehead atoms. The zero-order valence-electron chi connectivity index (χ0n) is 15.8. The van der Waals surface area contributed by atoms with Crippen molar-refractivity contribution in [2.24, 2.45) is 0 Å². The van der Waals surface area contributed by atoms with Crippen LogP contribution in [0.1, 0.15) is 65.2 Å². The summed E-state index contributed by atoms with van der Waals surface area (Å²) in [4.78, 5) is 20.4. The Morgan fingerprint density at radius 1 is 1.46 bits per heavy atom. The number of likely N-dealkylation sites (tertiary alicyclic amines) is 1. The molecule has 1 amide bonds. The molecule has 0 radical (unpaired) electrons. The quantitative estimate of drug-likeness (QED) is 0.840. The van der Waals surface area contributed by atoms with Crippen LogP contribution in [-0.4, -0.2) is 53.7 Å². The lowest BCUT2D eigenvalue weighted by atomic mass is 9.94. The highest BCUT2D eigenvalue weighted by molar-refractivity contribution is 5.67. The third-order valence-corrected chi connectivity index (χ3v) is 4.77. The minimum Gasteiger partial charge on any atom is -0.450 e. The summed E-state index contributed by atoms with van der Waals surface area (Å²) in [7, 11) is 1.82.